The maximum Gasteiger partial charge on any atom is 0.326 e. The van der Waals surface area contributed by atoms with Crippen LogP contribution in [-0.4, -0.2) is 29.9 Å². The van der Waals surface area contributed by atoms with Crippen molar-refractivity contribution < 1.29 is 14.3 Å². The van der Waals surface area contributed by atoms with Crippen LogP contribution in [0.5, 0.6) is 17.4 Å². The molecule has 0 aliphatic rings. The number of carbonyl (C=O) groups excluding carboxylic acids is 1. The highest BCUT2D eigenvalue weighted by Gasteiger charge is 2.13. The number of rotatable bonds is 6. The van der Waals surface area contributed by atoms with Crippen LogP contribution in [0.4, 0.5) is 16.2 Å². The van der Waals surface area contributed by atoms with Crippen LogP contribution in [0.3, 0.4) is 0 Å². The van der Waals surface area contributed by atoms with Crippen molar-refractivity contribution in [1.82, 2.24) is 10.2 Å². The molecular weight excluding hydrogens is 356 g/mol. The Labute approximate surface area is 163 Å². The number of carbonyl (C=O) groups is 1. The molecule has 0 atom stereocenters. The zero-order chi connectivity index (χ0) is 19.9. The van der Waals surface area contributed by atoms with Crippen molar-refractivity contribution >= 4 is 17.4 Å². The quantitative estimate of drug-likeness (QED) is 0.676. The minimum absolute atomic E-state index is 0.273. The smallest absolute Gasteiger partial charge is 0.326 e. The maximum atomic E-state index is 12.6. The summed E-state index contributed by atoms with van der Waals surface area (Å²) in [7, 11) is 1.69. The number of nitrogens with zero attached hydrogens (tertiary/aromatic N) is 3. The first-order valence-electron chi connectivity index (χ1n) is 8.91. The first-order valence-corrected chi connectivity index (χ1v) is 8.91. The molecule has 2 aromatic carbocycles. The SMILES string of the molecule is CCOc1ccccc1NC(=O)N(C)c1ccc(Oc2ccc(C)nn2)cc1. The van der Waals surface area contributed by atoms with Gasteiger partial charge in [0.05, 0.1) is 18.0 Å². The van der Waals surface area contributed by atoms with Crippen molar-refractivity contribution in [3.05, 3.63) is 66.4 Å². The molecule has 0 radical (unpaired) electrons. The molecule has 0 saturated carbocycles. The fourth-order valence-corrected chi connectivity index (χ4v) is 2.47. The number of anilines is 2. The molecule has 0 spiro atoms. The highest BCUT2D eigenvalue weighted by Crippen LogP contribution is 2.26. The van der Waals surface area contributed by atoms with Crippen LogP contribution in [0.2, 0.25) is 0 Å². The van der Waals surface area contributed by atoms with Gasteiger partial charge in [0, 0.05) is 18.8 Å². The largest absolute Gasteiger partial charge is 0.492 e. The maximum absolute atomic E-state index is 12.6. The van der Waals surface area contributed by atoms with E-state index in [9.17, 15) is 4.79 Å². The fraction of sp³-hybridized carbons (Fsp3) is 0.190. The van der Waals surface area contributed by atoms with E-state index >= 15 is 0 Å². The molecule has 0 bridgehead atoms. The summed E-state index contributed by atoms with van der Waals surface area (Å²) in [5.74, 6) is 1.66. The minimum atomic E-state index is -0.273. The molecule has 2 amide bonds. The average molecular weight is 378 g/mol. The molecule has 0 saturated heterocycles. The van der Waals surface area contributed by atoms with Gasteiger partial charge in [-0.05, 0) is 56.3 Å². The van der Waals surface area contributed by atoms with Gasteiger partial charge in [0.1, 0.15) is 11.5 Å². The summed E-state index contributed by atoms with van der Waals surface area (Å²) >= 11 is 0. The summed E-state index contributed by atoms with van der Waals surface area (Å²) in [5, 5.41) is 10.8. The summed E-state index contributed by atoms with van der Waals surface area (Å²) < 4.78 is 11.2. The number of para-hydroxylation sites is 2. The first-order chi connectivity index (χ1) is 13.6. The molecule has 0 fully saturated rings. The van der Waals surface area contributed by atoms with Crippen LogP contribution in [0.25, 0.3) is 0 Å². The zero-order valence-electron chi connectivity index (χ0n) is 16.0. The molecule has 144 valence electrons. The molecule has 0 aliphatic carbocycles. The van der Waals surface area contributed by atoms with Crippen molar-refractivity contribution in [2.75, 3.05) is 23.9 Å². The number of aryl methyl sites for hydroxylation is 1. The van der Waals surface area contributed by atoms with E-state index in [1.54, 1.807) is 43.4 Å². The van der Waals surface area contributed by atoms with Gasteiger partial charge in [-0.1, -0.05) is 12.1 Å². The van der Waals surface area contributed by atoms with Gasteiger partial charge in [0.15, 0.2) is 0 Å². The predicted octanol–water partition coefficient (Wildman–Crippen LogP) is 4.64. The summed E-state index contributed by atoms with van der Waals surface area (Å²) in [6.45, 7) is 4.28. The number of hydrogen-bond acceptors (Lipinski definition) is 5. The van der Waals surface area contributed by atoms with E-state index in [2.05, 4.69) is 15.5 Å². The standard InChI is InChI=1S/C21H22N4O3/c1-4-27-19-8-6-5-7-18(19)22-21(26)25(3)16-10-12-17(13-11-16)28-20-14-9-15(2)23-24-20/h5-14H,4H2,1-3H3,(H,22,26). The van der Waals surface area contributed by atoms with Gasteiger partial charge >= 0.3 is 6.03 Å². The van der Waals surface area contributed by atoms with E-state index in [-0.39, 0.29) is 6.03 Å². The van der Waals surface area contributed by atoms with Crippen LogP contribution < -0.4 is 19.7 Å². The lowest BCUT2D eigenvalue weighted by atomic mass is 10.2. The van der Waals surface area contributed by atoms with E-state index in [1.807, 2.05) is 38.1 Å². The molecule has 1 N–H and O–H groups in total. The van der Waals surface area contributed by atoms with Crippen molar-refractivity contribution in [3.8, 4) is 17.4 Å². The van der Waals surface area contributed by atoms with Gasteiger partial charge in [-0.3, -0.25) is 4.90 Å². The van der Waals surface area contributed by atoms with Gasteiger partial charge in [0.2, 0.25) is 5.88 Å². The van der Waals surface area contributed by atoms with E-state index in [0.29, 0.717) is 35.4 Å². The van der Waals surface area contributed by atoms with Crippen molar-refractivity contribution in [3.63, 3.8) is 0 Å². The van der Waals surface area contributed by atoms with Gasteiger partial charge < -0.3 is 14.8 Å². The summed E-state index contributed by atoms with van der Waals surface area (Å²) in [5.41, 5.74) is 2.16. The zero-order valence-corrected chi connectivity index (χ0v) is 16.0. The first kappa shape index (κ1) is 19.2. The predicted molar refractivity (Wildman–Crippen MR) is 108 cm³/mol. The van der Waals surface area contributed by atoms with Crippen LogP contribution >= 0.6 is 0 Å². The Bertz CT molecular complexity index is 927. The lowest BCUT2D eigenvalue weighted by molar-refractivity contribution is 0.257. The Hall–Kier alpha value is -3.61. The summed E-state index contributed by atoms with van der Waals surface area (Å²) in [6, 6.07) is 17.8. The molecule has 3 aromatic rings. The molecule has 28 heavy (non-hydrogen) atoms. The number of aromatic nitrogens is 2. The topological polar surface area (TPSA) is 76.6 Å². The monoisotopic (exact) mass is 378 g/mol. The molecule has 3 rings (SSSR count). The lowest BCUT2D eigenvalue weighted by Gasteiger charge is -2.19. The second-order valence-corrected chi connectivity index (χ2v) is 6.03. The summed E-state index contributed by atoms with van der Waals surface area (Å²) in [6.07, 6.45) is 0. The van der Waals surface area contributed by atoms with E-state index in [1.165, 1.54) is 4.90 Å². The van der Waals surface area contributed by atoms with Crippen LogP contribution in [0.1, 0.15) is 12.6 Å². The van der Waals surface area contributed by atoms with E-state index in [4.69, 9.17) is 9.47 Å². The third-order valence-electron chi connectivity index (χ3n) is 3.95. The van der Waals surface area contributed by atoms with E-state index in [0.717, 1.165) is 5.69 Å². The third-order valence-corrected chi connectivity index (χ3v) is 3.95. The molecule has 7 nitrogen and oxygen atoms in total. The molecule has 1 heterocycles. The van der Waals surface area contributed by atoms with Gasteiger partial charge in [-0.2, -0.15) is 5.10 Å². The number of amides is 2. The number of nitrogens with one attached hydrogen (secondary N) is 1. The Morgan fingerprint density at radius 2 is 1.79 bits per heavy atom. The van der Waals surface area contributed by atoms with Gasteiger partial charge in [0.25, 0.3) is 0 Å². The van der Waals surface area contributed by atoms with Crippen LogP contribution in [-0.2, 0) is 0 Å². The average Bonchev–Trinajstić information content (AvgIpc) is 2.71. The fourth-order valence-electron chi connectivity index (χ4n) is 2.47. The van der Waals surface area contributed by atoms with Crippen LogP contribution in [0, 0.1) is 6.92 Å². The molecule has 0 aliphatic heterocycles. The highest BCUT2D eigenvalue weighted by atomic mass is 16.5. The Kier molecular flexibility index (Phi) is 6.06. The number of ether oxygens (including phenoxy) is 2. The molecule has 7 heteroatoms. The normalized spacial score (nSPS) is 10.2. The third kappa shape index (κ3) is 4.76. The molecule has 1 aromatic heterocycles. The lowest BCUT2D eigenvalue weighted by Crippen LogP contribution is -2.31. The second kappa shape index (κ2) is 8.85. The minimum Gasteiger partial charge on any atom is -0.492 e. The molecular formula is C21H22N4O3. The van der Waals surface area contributed by atoms with Gasteiger partial charge in [-0.15, -0.1) is 5.10 Å². The van der Waals surface area contributed by atoms with Crippen molar-refractivity contribution in [2.24, 2.45) is 0 Å². The number of benzene rings is 2. The van der Waals surface area contributed by atoms with Crippen molar-refractivity contribution in [1.29, 1.82) is 0 Å². The van der Waals surface area contributed by atoms with Crippen LogP contribution in [0.15, 0.2) is 60.7 Å². The van der Waals surface area contributed by atoms with Gasteiger partial charge in [-0.25, -0.2) is 4.79 Å². The Balaban J connectivity index is 1.66. The second-order valence-electron chi connectivity index (χ2n) is 6.03. The highest BCUT2D eigenvalue weighted by molar-refractivity contribution is 6.02. The number of hydrogen-bond donors (Lipinski definition) is 1. The van der Waals surface area contributed by atoms with Crippen molar-refractivity contribution in [2.45, 2.75) is 13.8 Å². The molecule has 0 unspecified atom stereocenters. The summed E-state index contributed by atoms with van der Waals surface area (Å²) in [4.78, 5) is 14.1. The number of urea groups is 1. The Morgan fingerprint density at radius 3 is 2.46 bits per heavy atom. The van der Waals surface area contributed by atoms with E-state index < -0.39 is 0 Å². The Morgan fingerprint density at radius 1 is 1.04 bits per heavy atom.